The van der Waals surface area contributed by atoms with Crippen LogP contribution in [0.25, 0.3) is 76.7 Å². The fourth-order valence-corrected chi connectivity index (χ4v) is 9.35. The van der Waals surface area contributed by atoms with E-state index in [1.165, 1.54) is 16.2 Å². The van der Waals surface area contributed by atoms with Gasteiger partial charge in [0.1, 0.15) is 12.0 Å². The number of nitrogens with one attached hydrogen (secondary N) is 1. The van der Waals surface area contributed by atoms with Gasteiger partial charge in [-0.25, -0.2) is 15.0 Å². The summed E-state index contributed by atoms with van der Waals surface area (Å²) in [7, 11) is 0. The van der Waals surface area contributed by atoms with Gasteiger partial charge < -0.3 is 5.32 Å². The van der Waals surface area contributed by atoms with E-state index in [1.807, 2.05) is 72.8 Å². The average Bonchev–Trinajstić information content (AvgIpc) is 3.42. The van der Waals surface area contributed by atoms with Crippen molar-refractivity contribution in [3.05, 3.63) is 259 Å². The molecule has 7 heteroatoms. The number of aliphatic imine (C=N–C) groups is 2. The molecule has 1 aliphatic rings. The summed E-state index contributed by atoms with van der Waals surface area (Å²) in [5.74, 6) is 1.48. The van der Waals surface area contributed by atoms with Crippen molar-refractivity contribution in [1.82, 2.24) is 20.3 Å². The Balaban J connectivity index is 1.05. The Kier molecular flexibility index (Phi) is 11.5. The highest BCUT2D eigenvalue weighted by Crippen LogP contribution is 2.34. The summed E-state index contributed by atoms with van der Waals surface area (Å²) in [6, 6.07) is 78.1. The first-order valence-electron chi connectivity index (χ1n) is 22.2. The van der Waals surface area contributed by atoms with E-state index in [0.29, 0.717) is 5.84 Å². The first-order chi connectivity index (χ1) is 33.2. The molecule has 0 spiro atoms. The number of nitrogens with zero attached hydrogens (tertiary/aromatic N) is 5. The maximum atomic E-state index is 5.22. The van der Waals surface area contributed by atoms with Crippen molar-refractivity contribution >= 4 is 54.6 Å². The van der Waals surface area contributed by atoms with E-state index in [4.69, 9.17) is 15.0 Å². The molecule has 1 atom stereocenters. The van der Waals surface area contributed by atoms with Crippen LogP contribution in [-0.2, 0) is 0 Å². The van der Waals surface area contributed by atoms with Crippen LogP contribution in [0.15, 0.2) is 252 Å². The molecule has 0 saturated carbocycles. The normalized spacial score (nSPS) is 13.2. The van der Waals surface area contributed by atoms with Gasteiger partial charge in [-0.05, 0) is 109 Å². The van der Waals surface area contributed by atoms with Gasteiger partial charge in [-0.2, -0.15) is 0 Å². The van der Waals surface area contributed by atoms with Gasteiger partial charge in [-0.1, -0.05) is 176 Å². The summed E-state index contributed by atoms with van der Waals surface area (Å²) in [5, 5.41) is 11.7. The third-order valence-corrected chi connectivity index (χ3v) is 12.7. The Morgan fingerprint density at radius 1 is 0.388 bits per heavy atom. The maximum absolute atomic E-state index is 5.22. The molecule has 0 fully saturated rings. The van der Waals surface area contributed by atoms with Crippen LogP contribution in [0.5, 0.6) is 0 Å². The molecular weight excluding hydrogens is 837 g/mol. The Hall–Kier alpha value is -8.65. The van der Waals surface area contributed by atoms with Crippen molar-refractivity contribution in [2.45, 2.75) is 6.17 Å². The molecule has 1 unspecified atom stereocenters. The van der Waals surface area contributed by atoms with Crippen LogP contribution in [0.4, 0.5) is 0 Å². The number of amidine groups is 2. The molecule has 6 aromatic carbocycles. The minimum Gasteiger partial charge on any atom is -0.344 e. The van der Waals surface area contributed by atoms with E-state index in [2.05, 4.69) is 172 Å². The second-order valence-corrected chi connectivity index (χ2v) is 17.1. The molecule has 1 N–H and O–H groups in total. The van der Waals surface area contributed by atoms with Crippen LogP contribution < -0.4 is 5.32 Å². The van der Waals surface area contributed by atoms with Crippen molar-refractivity contribution in [1.29, 1.82) is 0 Å². The average molecular weight is 879 g/mol. The Bertz CT molecular complexity index is 3530. The van der Waals surface area contributed by atoms with E-state index in [9.17, 15) is 0 Å². The minimum atomic E-state index is -0.364. The van der Waals surface area contributed by atoms with Crippen molar-refractivity contribution in [3.8, 4) is 45.0 Å². The van der Waals surface area contributed by atoms with Crippen LogP contribution >= 0.6 is 11.3 Å². The summed E-state index contributed by atoms with van der Waals surface area (Å²) >= 11 is 1.71. The van der Waals surface area contributed by atoms with Crippen molar-refractivity contribution < 1.29 is 0 Å². The standard InChI is InChI=1S/C60H42N6S/c1-3-17-45(18-4-1)58-64-59(46-19-5-2-6-20-46)66-60(65-58)47-32-33-52-51-25-10-9-24-50(51)49-23-8-7-16-44(49)22-15-21-41(34-37-67-57(52)40-47)42-28-30-43(31-29-42)48-38-55(53-26-11-13-35-61-53)63-56(39-48)54-27-12-14-36-62-54/h1-40,60H,(H,64,65,66). The van der Waals surface area contributed by atoms with Crippen LogP contribution in [0.1, 0.15) is 22.9 Å². The lowest BCUT2D eigenvalue weighted by atomic mass is 9.99. The molecule has 0 amide bonds. The molecule has 6 nitrogen and oxygen atoms in total. The molecule has 0 bridgehead atoms. The molecule has 5 heterocycles. The second-order valence-electron chi connectivity index (χ2n) is 16.1. The number of rotatable bonds is 7. The lowest BCUT2D eigenvalue weighted by Gasteiger charge is -2.24. The molecule has 1 aliphatic heterocycles. The van der Waals surface area contributed by atoms with Gasteiger partial charge in [-0.3, -0.25) is 9.97 Å². The Morgan fingerprint density at radius 3 is 1.61 bits per heavy atom. The monoisotopic (exact) mass is 878 g/mol. The lowest BCUT2D eigenvalue weighted by molar-refractivity contribution is 0.675. The molecular formula is C60H42N6S. The predicted octanol–water partition coefficient (Wildman–Crippen LogP) is 14.8. The topological polar surface area (TPSA) is 75.4 Å². The first kappa shape index (κ1) is 41.1. The number of benzene rings is 6. The molecule has 0 aliphatic carbocycles. The fourth-order valence-electron chi connectivity index (χ4n) is 8.48. The van der Waals surface area contributed by atoms with Gasteiger partial charge >= 0.3 is 0 Å². The molecule has 67 heavy (non-hydrogen) atoms. The molecule has 4 aromatic heterocycles. The third-order valence-electron chi connectivity index (χ3n) is 11.8. The van der Waals surface area contributed by atoms with Crippen LogP contribution in [0.3, 0.4) is 0 Å². The minimum absolute atomic E-state index is 0.364. The van der Waals surface area contributed by atoms with E-state index in [0.717, 1.165) is 83.0 Å². The SMILES string of the molecule is c1ccc(C2=NC(c3ccc4c(c3)sccc(-c3ccc(-c5cc(-c6ccccn6)nc(-c6ccccn6)c5)cc3)cccc3ccccc3c3ccccc43)NC(c3ccccc3)=N2)cc1. The summed E-state index contributed by atoms with van der Waals surface area (Å²) in [5.41, 5.74) is 10.5. The van der Waals surface area contributed by atoms with Crippen LogP contribution in [-0.4, -0.2) is 26.6 Å². The van der Waals surface area contributed by atoms with Crippen molar-refractivity contribution in [3.63, 3.8) is 0 Å². The number of hydrogen-bond acceptors (Lipinski definition) is 7. The third kappa shape index (κ3) is 8.92. The fraction of sp³-hybridized carbons (Fsp3) is 0.0167. The summed E-state index contributed by atoms with van der Waals surface area (Å²) in [6.45, 7) is 0. The summed E-state index contributed by atoms with van der Waals surface area (Å²) in [4.78, 5) is 24.5. The summed E-state index contributed by atoms with van der Waals surface area (Å²) in [6.07, 6.45) is 3.23. The van der Waals surface area contributed by atoms with Gasteiger partial charge in [-0.15, -0.1) is 11.3 Å². The van der Waals surface area contributed by atoms with Crippen molar-refractivity contribution in [2.24, 2.45) is 9.98 Å². The quantitative estimate of drug-likeness (QED) is 0.173. The number of pyridine rings is 3. The number of fused-ring (bicyclic) bond motifs is 5. The zero-order valence-electron chi connectivity index (χ0n) is 36.3. The molecule has 0 radical (unpaired) electrons. The van der Waals surface area contributed by atoms with Gasteiger partial charge in [0.15, 0.2) is 5.84 Å². The zero-order chi connectivity index (χ0) is 44.8. The van der Waals surface area contributed by atoms with Crippen molar-refractivity contribution in [2.75, 3.05) is 0 Å². The maximum Gasteiger partial charge on any atom is 0.159 e. The molecule has 11 rings (SSSR count). The van der Waals surface area contributed by atoms with Gasteiger partial charge in [0.25, 0.3) is 0 Å². The highest BCUT2D eigenvalue weighted by molar-refractivity contribution is 7.16. The Labute approximate surface area is 393 Å². The van der Waals surface area contributed by atoms with E-state index < -0.39 is 0 Å². The predicted molar refractivity (Wildman–Crippen MR) is 279 cm³/mol. The molecule has 10 aromatic rings. The van der Waals surface area contributed by atoms with Gasteiger partial charge in [0.05, 0.1) is 22.8 Å². The molecule has 318 valence electrons. The highest BCUT2D eigenvalue weighted by atomic mass is 32.1. The second kappa shape index (κ2) is 18.8. The number of aromatic nitrogens is 3. The van der Waals surface area contributed by atoms with Gasteiger partial charge in [0.2, 0.25) is 0 Å². The zero-order valence-corrected chi connectivity index (χ0v) is 37.1. The van der Waals surface area contributed by atoms with Crippen LogP contribution in [0, 0.1) is 0 Å². The van der Waals surface area contributed by atoms with E-state index in [-0.39, 0.29) is 6.17 Å². The highest BCUT2D eigenvalue weighted by Gasteiger charge is 2.21. The number of hydrogen-bond donors (Lipinski definition) is 1. The smallest absolute Gasteiger partial charge is 0.159 e. The van der Waals surface area contributed by atoms with E-state index in [1.54, 1.807) is 23.7 Å². The first-order valence-corrected chi connectivity index (χ1v) is 23.1. The Morgan fingerprint density at radius 2 is 0.940 bits per heavy atom. The van der Waals surface area contributed by atoms with Crippen LogP contribution in [0.2, 0.25) is 0 Å². The van der Waals surface area contributed by atoms with Gasteiger partial charge in [0, 0.05) is 28.2 Å². The largest absolute Gasteiger partial charge is 0.344 e. The van der Waals surface area contributed by atoms with E-state index >= 15 is 0 Å². The summed E-state index contributed by atoms with van der Waals surface area (Å²) < 4.78 is 1.12. The molecule has 0 saturated heterocycles. The lowest BCUT2D eigenvalue weighted by Crippen LogP contribution is -2.33.